The Morgan fingerprint density at radius 1 is 0.654 bits per heavy atom. The molecule has 3 aromatic rings. The van der Waals surface area contributed by atoms with Crippen LogP contribution in [0.2, 0.25) is 0 Å². The molecule has 0 aliphatic rings. The van der Waals surface area contributed by atoms with Crippen LogP contribution in [0.5, 0.6) is 11.5 Å². The van der Waals surface area contributed by atoms with Gasteiger partial charge in [0.25, 0.3) is 0 Å². The topological polar surface area (TPSA) is 18.5 Å². The van der Waals surface area contributed by atoms with Gasteiger partial charge in [0.15, 0.2) is 18.2 Å². The lowest BCUT2D eigenvalue weighted by atomic mass is 10.1. The van der Waals surface area contributed by atoms with E-state index < -0.39 is 7.55 Å². The van der Waals surface area contributed by atoms with Crippen molar-refractivity contribution >= 4 is 24.0 Å². The Balaban J connectivity index is 2.15. The van der Waals surface area contributed by atoms with Crippen LogP contribution >= 0.6 is 7.55 Å². The van der Waals surface area contributed by atoms with Crippen molar-refractivity contribution in [3.63, 3.8) is 0 Å². The van der Waals surface area contributed by atoms with Gasteiger partial charge in [-0.25, -0.2) is 0 Å². The minimum atomic E-state index is -0.630. The van der Waals surface area contributed by atoms with Crippen molar-refractivity contribution in [3.8, 4) is 11.5 Å². The number of ether oxygens (including phenoxy) is 2. The quantitative estimate of drug-likeness (QED) is 0.617. The number of hydrogen-bond donors (Lipinski definition) is 0. The molecule has 0 bridgehead atoms. The summed E-state index contributed by atoms with van der Waals surface area (Å²) in [7, 11) is 2.77. The molecule has 0 aliphatic carbocycles. The first-order valence-corrected chi connectivity index (χ1v) is 10.0. The van der Waals surface area contributed by atoms with E-state index in [4.69, 9.17) is 9.47 Å². The van der Waals surface area contributed by atoms with E-state index in [1.807, 2.05) is 24.3 Å². The zero-order valence-electron chi connectivity index (χ0n) is 15.7. The lowest BCUT2D eigenvalue weighted by Gasteiger charge is -2.05. The van der Waals surface area contributed by atoms with Crippen LogP contribution in [0.15, 0.2) is 66.7 Å². The summed E-state index contributed by atoms with van der Waals surface area (Å²) in [6.45, 7) is 4.35. The van der Waals surface area contributed by atoms with Crippen LogP contribution in [0, 0.1) is 13.8 Å². The third-order valence-electron chi connectivity index (χ3n) is 4.50. The zero-order valence-corrected chi connectivity index (χ0v) is 16.6. The summed E-state index contributed by atoms with van der Waals surface area (Å²) in [5.41, 5.74) is 3.93. The summed E-state index contributed by atoms with van der Waals surface area (Å²) in [5, 5.41) is 2.60. The fraction of sp³-hybridized carbons (Fsp3) is 0.174. The van der Waals surface area contributed by atoms with Crippen LogP contribution < -0.4 is 20.1 Å². The highest BCUT2D eigenvalue weighted by Crippen LogP contribution is 2.27. The van der Waals surface area contributed by atoms with Gasteiger partial charge in [0.05, 0.1) is 14.2 Å². The van der Waals surface area contributed by atoms with E-state index >= 15 is 0 Å². The second-order valence-corrected chi connectivity index (χ2v) is 8.23. The average Bonchev–Trinajstić information content (AvgIpc) is 2.68. The lowest BCUT2D eigenvalue weighted by molar-refractivity contribution is 0.415. The smallest absolute Gasteiger partial charge is 0.170 e. The summed E-state index contributed by atoms with van der Waals surface area (Å²) in [5.74, 6) is 4.18. The van der Waals surface area contributed by atoms with Crippen LogP contribution in [-0.2, 0) is 0 Å². The second-order valence-electron chi connectivity index (χ2n) is 6.20. The van der Waals surface area contributed by atoms with Gasteiger partial charge < -0.3 is 9.47 Å². The Labute approximate surface area is 156 Å². The normalized spacial score (nSPS) is 10.3. The number of hydrogen-bond acceptors (Lipinski definition) is 2. The SMILES string of the molecule is COc1ccc([P+](=Cc2c(C)cccc2C)c2ccc(OC)cc2)cc1. The molecule has 0 saturated heterocycles. The average molecular weight is 363 g/mol. The fourth-order valence-electron chi connectivity index (χ4n) is 2.94. The summed E-state index contributed by atoms with van der Waals surface area (Å²) in [6, 6.07) is 23.3. The van der Waals surface area contributed by atoms with Crippen LogP contribution in [0.3, 0.4) is 0 Å². The maximum Gasteiger partial charge on any atom is 0.170 e. The van der Waals surface area contributed by atoms with Crippen molar-refractivity contribution in [2.45, 2.75) is 13.8 Å². The summed E-state index contributed by atoms with van der Waals surface area (Å²) >= 11 is 0. The Kier molecular flexibility index (Phi) is 5.75. The molecule has 26 heavy (non-hydrogen) atoms. The molecule has 0 aliphatic heterocycles. The summed E-state index contributed by atoms with van der Waals surface area (Å²) in [6.07, 6.45) is 0. The molecule has 3 aromatic carbocycles. The van der Waals surface area contributed by atoms with E-state index in [-0.39, 0.29) is 0 Å². The first-order valence-electron chi connectivity index (χ1n) is 8.61. The standard InChI is InChI=1S/C23H24O2P/c1-17-6-5-7-18(2)23(17)16-26(21-12-8-19(24-3)9-13-21)22-14-10-20(25-4)11-15-22/h5-16H,1-4H3/q+1. The first kappa shape index (κ1) is 18.2. The van der Waals surface area contributed by atoms with Gasteiger partial charge in [-0.2, -0.15) is 0 Å². The van der Waals surface area contributed by atoms with Crippen LogP contribution in [0.1, 0.15) is 16.7 Å². The van der Waals surface area contributed by atoms with E-state index in [1.165, 1.54) is 27.3 Å². The molecule has 3 heteroatoms. The maximum absolute atomic E-state index is 5.32. The molecule has 0 amide bonds. The molecule has 0 radical (unpaired) electrons. The van der Waals surface area contributed by atoms with E-state index in [2.05, 4.69) is 62.1 Å². The van der Waals surface area contributed by atoms with Gasteiger partial charge in [-0.15, -0.1) is 0 Å². The van der Waals surface area contributed by atoms with Gasteiger partial charge in [0, 0.05) is 5.56 Å². The maximum atomic E-state index is 5.32. The van der Waals surface area contributed by atoms with Crippen molar-refractivity contribution in [1.82, 2.24) is 0 Å². The van der Waals surface area contributed by atoms with Crippen molar-refractivity contribution in [2.24, 2.45) is 0 Å². The van der Waals surface area contributed by atoms with Crippen LogP contribution in [0.25, 0.3) is 0 Å². The van der Waals surface area contributed by atoms with Gasteiger partial charge in [0.1, 0.15) is 17.3 Å². The molecule has 0 aromatic heterocycles. The van der Waals surface area contributed by atoms with Gasteiger partial charge in [-0.1, -0.05) is 18.2 Å². The van der Waals surface area contributed by atoms with Crippen molar-refractivity contribution in [2.75, 3.05) is 14.2 Å². The highest BCUT2D eigenvalue weighted by Gasteiger charge is 2.20. The molecule has 0 spiro atoms. The highest BCUT2D eigenvalue weighted by atomic mass is 31.1. The Morgan fingerprint density at radius 2 is 1.08 bits per heavy atom. The molecule has 132 valence electrons. The number of methoxy groups -OCH3 is 2. The van der Waals surface area contributed by atoms with Crippen molar-refractivity contribution in [3.05, 3.63) is 83.4 Å². The van der Waals surface area contributed by atoms with Gasteiger partial charge in [0.2, 0.25) is 0 Å². The molecule has 2 nitrogen and oxygen atoms in total. The third-order valence-corrected chi connectivity index (χ3v) is 6.73. The van der Waals surface area contributed by atoms with Crippen molar-refractivity contribution in [1.29, 1.82) is 0 Å². The van der Waals surface area contributed by atoms with Crippen LogP contribution in [0.4, 0.5) is 0 Å². The monoisotopic (exact) mass is 363 g/mol. The highest BCUT2D eigenvalue weighted by molar-refractivity contribution is 7.72. The third kappa shape index (κ3) is 3.98. The van der Waals surface area contributed by atoms with Gasteiger partial charge >= 0.3 is 0 Å². The van der Waals surface area contributed by atoms with Crippen molar-refractivity contribution < 1.29 is 9.47 Å². The number of benzene rings is 3. The molecule has 0 unspecified atom stereocenters. The molecular formula is C23H24O2P+. The zero-order chi connectivity index (χ0) is 18.5. The molecule has 0 fully saturated rings. The molecule has 3 rings (SSSR count). The van der Waals surface area contributed by atoms with Gasteiger partial charge in [-0.05, 0) is 73.5 Å². The predicted octanol–water partition coefficient (Wildman–Crippen LogP) is 4.60. The lowest BCUT2D eigenvalue weighted by Crippen LogP contribution is -2.09. The van der Waals surface area contributed by atoms with Crippen LogP contribution in [-0.4, -0.2) is 20.0 Å². The van der Waals surface area contributed by atoms with Gasteiger partial charge in [-0.3, -0.25) is 0 Å². The molecule has 0 heterocycles. The largest absolute Gasteiger partial charge is 0.497 e. The molecule has 0 N–H and O–H groups in total. The minimum Gasteiger partial charge on any atom is -0.497 e. The second kappa shape index (κ2) is 8.21. The number of aryl methyl sites for hydroxylation is 2. The Hall–Kier alpha value is -2.57. The first-order chi connectivity index (χ1) is 12.6. The summed E-state index contributed by atoms with van der Waals surface area (Å²) < 4.78 is 10.6. The van der Waals surface area contributed by atoms with E-state index in [0.717, 1.165) is 11.5 Å². The molecular weight excluding hydrogens is 339 g/mol. The summed E-state index contributed by atoms with van der Waals surface area (Å²) in [4.78, 5) is 0. The molecule has 0 saturated carbocycles. The Morgan fingerprint density at radius 3 is 1.46 bits per heavy atom. The fourth-order valence-corrected chi connectivity index (χ4v) is 5.15. The minimum absolute atomic E-state index is 0.630. The van der Waals surface area contributed by atoms with E-state index in [1.54, 1.807) is 14.2 Å². The Bertz CT molecular complexity index is 840. The number of rotatable bonds is 5. The predicted molar refractivity (Wildman–Crippen MR) is 113 cm³/mol. The van der Waals surface area contributed by atoms with E-state index in [9.17, 15) is 0 Å². The molecule has 0 atom stereocenters. The van der Waals surface area contributed by atoms with E-state index in [0.29, 0.717) is 0 Å².